The molecule has 0 spiro atoms. The molecule has 0 aromatic heterocycles. The van der Waals surface area contributed by atoms with Gasteiger partial charge in [0.05, 0.1) is 26.4 Å². The monoisotopic (exact) mass is 396 g/mol. The fraction of sp³-hybridized carbons (Fsp3) is 0.900. The van der Waals surface area contributed by atoms with Gasteiger partial charge in [-0.05, 0) is 26.7 Å². The van der Waals surface area contributed by atoms with Crippen LogP contribution in [0.15, 0.2) is 0 Å². The molecule has 0 aromatic rings. The summed E-state index contributed by atoms with van der Waals surface area (Å²) < 4.78 is 10.8. The van der Waals surface area contributed by atoms with E-state index >= 15 is 0 Å². The van der Waals surface area contributed by atoms with Crippen molar-refractivity contribution in [2.45, 2.75) is 45.2 Å². The van der Waals surface area contributed by atoms with E-state index in [1.165, 1.54) is 0 Å². The number of amides is 2. The standard InChI is InChI=1S/C20H36N4O4/c1-16(23-6-10-27-11-7-23)14-21-18(25)20(4-3-5-20)19(26)22-15-17(2)24-8-12-28-13-9-24/h16-17H,3-15H2,1-2H3,(H,21,25)(H,22,26)/t16-,17-/m1/s1. The van der Waals surface area contributed by atoms with Gasteiger partial charge >= 0.3 is 0 Å². The van der Waals surface area contributed by atoms with E-state index < -0.39 is 5.41 Å². The fourth-order valence-corrected chi connectivity index (χ4v) is 4.20. The van der Waals surface area contributed by atoms with E-state index in [9.17, 15) is 9.59 Å². The zero-order valence-corrected chi connectivity index (χ0v) is 17.4. The lowest BCUT2D eigenvalue weighted by Crippen LogP contribution is -2.58. The molecule has 160 valence electrons. The Morgan fingerprint density at radius 1 is 0.821 bits per heavy atom. The summed E-state index contributed by atoms with van der Waals surface area (Å²) in [5.41, 5.74) is -0.880. The number of rotatable bonds is 8. The zero-order valence-electron chi connectivity index (χ0n) is 17.4. The van der Waals surface area contributed by atoms with Crippen LogP contribution >= 0.6 is 0 Å². The molecule has 3 fully saturated rings. The van der Waals surface area contributed by atoms with Gasteiger partial charge in [0.15, 0.2) is 0 Å². The Labute approximate surface area is 168 Å². The van der Waals surface area contributed by atoms with E-state index in [4.69, 9.17) is 9.47 Å². The number of carbonyl (C=O) groups is 2. The van der Waals surface area contributed by atoms with Crippen LogP contribution in [0, 0.1) is 5.41 Å². The minimum atomic E-state index is -0.880. The van der Waals surface area contributed by atoms with E-state index in [0.717, 1.165) is 59.0 Å². The molecule has 2 saturated heterocycles. The van der Waals surface area contributed by atoms with E-state index in [1.807, 2.05) is 0 Å². The lowest BCUT2D eigenvalue weighted by atomic mass is 9.67. The first-order valence-corrected chi connectivity index (χ1v) is 10.7. The molecule has 2 N–H and O–H groups in total. The van der Waals surface area contributed by atoms with Crippen molar-refractivity contribution in [2.24, 2.45) is 5.41 Å². The number of nitrogens with zero attached hydrogens (tertiary/aromatic N) is 2. The van der Waals surface area contributed by atoms with Gasteiger partial charge in [0, 0.05) is 51.4 Å². The molecule has 1 saturated carbocycles. The van der Waals surface area contributed by atoms with Gasteiger partial charge in [-0.1, -0.05) is 6.42 Å². The summed E-state index contributed by atoms with van der Waals surface area (Å²) in [6.45, 7) is 11.9. The SMILES string of the molecule is C[C@H](CNC(=O)C1(C(=O)NC[C@@H](C)N2CCOCC2)CCC1)N1CCOCC1. The third-order valence-corrected chi connectivity index (χ3v) is 6.53. The lowest BCUT2D eigenvalue weighted by molar-refractivity contribution is -0.150. The average Bonchev–Trinajstić information content (AvgIpc) is 2.70. The molecular weight excluding hydrogens is 360 g/mol. The van der Waals surface area contributed by atoms with Crippen LogP contribution in [0.2, 0.25) is 0 Å². The minimum absolute atomic E-state index is 0.115. The summed E-state index contributed by atoms with van der Waals surface area (Å²) in [7, 11) is 0. The number of nitrogens with one attached hydrogen (secondary N) is 2. The van der Waals surface area contributed by atoms with Crippen LogP contribution in [-0.2, 0) is 19.1 Å². The predicted octanol–water partition coefficient (Wildman–Crippen LogP) is -0.169. The van der Waals surface area contributed by atoms with Crippen LogP contribution < -0.4 is 10.6 Å². The Morgan fingerprint density at radius 2 is 1.21 bits per heavy atom. The topological polar surface area (TPSA) is 83.1 Å². The number of hydrogen-bond acceptors (Lipinski definition) is 6. The Morgan fingerprint density at radius 3 is 1.54 bits per heavy atom. The Kier molecular flexibility index (Phi) is 7.68. The Hall–Kier alpha value is -1.22. The first kappa shape index (κ1) is 21.5. The number of morpholine rings is 2. The van der Waals surface area contributed by atoms with Crippen LogP contribution in [0.25, 0.3) is 0 Å². The summed E-state index contributed by atoms with van der Waals surface area (Å²) in [5, 5.41) is 6.09. The molecule has 2 amide bonds. The van der Waals surface area contributed by atoms with Crippen LogP contribution in [0.1, 0.15) is 33.1 Å². The van der Waals surface area contributed by atoms with Gasteiger partial charge in [-0.3, -0.25) is 19.4 Å². The van der Waals surface area contributed by atoms with Crippen molar-refractivity contribution in [3.8, 4) is 0 Å². The van der Waals surface area contributed by atoms with Gasteiger partial charge in [0.25, 0.3) is 0 Å². The lowest BCUT2D eigenvalue weighted by Gasteiger charge is -2.40. The van der Waals surface area contributed by atoms with Crippen molar-refractivity contribution < 1.29 is 19.1 Å². The number of carbonyl (C=O) groups excluding carboxylic acids is 2. The largest absolute Gasteiger partial charge is 0.379 e. The maximum atomic E-state index is 12.9. The van der Waals surface area contributed by atoms with Crippen LogP contribution in [-0.4, -0.2) is 99.4 Å². The van der Waals surface area contributed by atoms with Crippen LogP contribution in [0.5, 0.6) is 0 Å². The molecule has 0 radical (unpaired) electrons. The Bertz CT molecular complexity index is 486. The molecule has 0 unspecified atom stereocenters. The normalized spacial score (nSPS) is 25.4. The fourth-order valence-electron chi connectivity index (χ4n) is 4.20. The van der Waals surface area contributed by atoms with Gasteiger partial charge in [0.2, 0.25) is 11.8 Å². The molecule has 3 rings (SSSR count). The van der Waals surface area contributed by atoms with Gasteiger partial charge in [0.1, 0.15) is 5.41 Å². The van der Waals surface area contributed by atoms with Crippen LogP contribution in [0.3, 0.4) is 0 Å². The van der Waals surface area contributed by atoms with Crippen molar-refractivity contribution in [3.05, 3.63) is 0 Å². The molecular formula is C20H36N4O4. The van der Waals surface area contributed by atoms with Gasteiger partial charge in [-0.15, -0.1) is 0 Å². The smallest absolute Gasteiger partial charge is 0.235 e. The molecule has 2 heterocycles. The number of hydrogen-bond donors (Lipinski definition) is 2. The third kappa shape index (κ3) is 5.03. The van der Waals surface area contributed by atoms with E-state index in [1.54, 1.807) is 0 Å². The van der Waals surface area contributed by atoms with Crippen molar-refractivity contribution in [2.75, 3.05) is 65.7 Å². The molecule has 8 heteroatoms. The van der Waals surface area contributed by atoms with E-state index in [-0.39, 0.29) is 23.9 Å². The van der Waals surface area contributed by atoms with Crippen molar-refractivity contribution in [1.29, 1.82) is 0 Å². The molecule has 2 aliphatic heterocycles. The second-order valence-electron chi connectivity index (χ2n) is 8.35. The van der Waals surface area contributed by atoms with E-state index in [2.05, 4.69) is 34.3 Å². The van der Waals surface area contributed by atoms with Crippen molar-refractivity contribution in [3.63, 3.8) is 0 Å². The summed E-state index contributed by atoms with van der Waals surface area (Å²) in [6.07, 6.45) is 2.21. The van der Waals surface area contributed by atoms with Crippen molar-refractivity contribution >= 4 is 11.8 Å². The maximum Gasteiger partial charge on any atom is 0.235 e. The minimum Gasteiger partial charge on any atom is -0.379 e. The van der Waals surface area contributed by atoms with Gasteiger partial charge in [-0.25, -0.2) is 0 Å². The molecule has 0 bridgehead atoms. The van der Waals surface area contributed by atoms with Crippen molar-refractivity contribution in [1.82, 2.24) is 20.4 Å². The quantitative estimate of drug-likeness (QED) is 0.555. The highest BCUT2D eigenvalue weighted by atomic mass is 16.5. The summed E-state index contributed by atoms with van der Waals surface area (Å²) in [4.78, 5) is 30.4. The molecule has 2 atom stereocenters. The first-order chi connectivity index (χ1) is 13.5. The molecule has 28 heavy (non-hydrogen) atoms. The Balaban J connectivity index is 1.45. The first-order valence-electron chi connectivity index (χ1n) is 10.7. The highest BCUT2D eigenvalue weighted by Crippen LogP contribution is 2.41. The zero-order chi connectivity index (χ0) is 20.0. The molecule has 3 aliphatic rings. The highest BCUT2D eigenvalue weighted by Gasteiger charge is 2.50. The second kappa shape index (κ2) is 10.0. The predicted molar refractivity (Wildman–Crippen MR) is 106 cm³/mol. The van der Waals surface area contributed by atoms with Crippen LogP contribution in [0.4, 0.5) is 0 Å². The second-order valence-corrected chi connectivity index (χ2v) is 8.35. The van der Waals surface area contributed by atoms with Gasteiger partial charge < -0.3 is 20.1 Å². The average molecular weight is 397 g/mol. The molecule has 1 aliphatic carbocycles. The van der Waals surface area contributed by atoms with Gasteiger partial charge in [-0.2, -0.15) is 0 Å². The molecule has 8 nitrogen and oxygen atoms in total. The molecule has 0 aromatic carbocycles. The van der Waals surface area contributed by atoms with E-state index in [0.29, 0.717) is 25.9 Å². The summed E-state index contributed by atoms with van der Waals surface area (Å²) in [6, 6.07) is 0.490. The summed E-state index contributed by atoms with van der Waals surface area (Å²) in [5.74, 6) is -0.231. The number of ether oxygens (including phenoxy) is 2. The summed E-state index contributed by atoms with van der Waals surface area (Å²) >= 11 is 0. The maximum absolute atomic E-state index is 12.9. The highest BCUT2D eigenvalue weighted by molar-refractivity contribution is 6.05. The third-order valence-electron chi connectivity index (χ3n) is 6.53.